The Morgan fingerprint density at radius 2 is 2.18 bits per heavy atom. The molecule has 3 aromatic heterocycles. The monoisotopic (exact) mass is 468 g/mol. The van der Waals surface area contributed by atoms with Crippen LogP contribution >= 0.6 is 11.3 Å². The van der Waals surface area contributed by atoms with Crippen molar-refractivity contribution >= 4 is 49.9 Å². The molecule has 0 spiro atoms. The largest absolute Gasteiger partial charge is 0.489 e. The first kappa shape index (κ1) is 21.6. The fourth-order valence-corrected chi connectivity index (χ4v) is 5.66. The second-order valence-corrected chi connectivity index (χ2v) is 9.85. The van der Waals surface area contributed by atoms with E-state index in [9.17, 15) is 4.79 Å². The summed E-state index contributed by atoms with van der Waals surface area (Å²) in [5, 5.41) is 11.2. The second-order valence-electron chi connectivity index (χ2n) is 8.77. The van der Waals surface area contributed by atoms with Gasteiger partial charge in [-0.25, -0.2) is 14.4 Å². The number of H-pyrrole nitrogens is 1. The Balaban J connectivity index is 1.58. The third-order valence-electron chi connectivity index (χ3n) is 5.89. The molecule has 0 fully saturated rings. The minimum absolute atomic E-state index is 0.0306. The molecule has 2 N–H and O–H groups in total. The first-order chi connectivity index (χ1) is 15.8. The number of amides is 1. The van der Waals surface area contributed by atoms with Gasteiger partial charge in [0.2, 0.25) is 5.91 Å². The Hall–Kier alpha value is -3.27. The lowest BCUT2D eigenvalue weighted by molar-refractivity contribution is -0.133. The molecule has 10 heteroatoms. The molecule has 4 aromatic rings. The van der Waals surface area contributed by atoms with Crippen LogP contribution in [0, 0.1) is 11.7 Å². The zero-order valence-corrected chi connectivity index (χ0v) is 19.7. The van der Waals surface area contributed by atoms with Gasteiger partial charge in [-0.3, -0.25) is 9.89 Å². The van der Waals surface area contributed by atoms with Crippen LogP contribution in [0.4, 0.5) is 15.9 Å². The zero-order valence-electron chi connectivity index (χ0n) is 18.9. The average Bonchev–Trinajstić information content (AvgIpc) is 3.39. The van der Waals surface area contributed by atoms with E-state index in [0.717, 1.165) is 33.5 Å². The van der Waals surface area contributed by atoms with E-state index >= 15 is 4.39 Å². The molecule has 5 rings (SSSR count). The first-order valence-electron chi connectivity index (χ1n) is 10.9. The number of aromatic nitrogens is 4. The van der Waals surface area contributed by atoms with Crippen LogP contribution in [-0.2, 0) is 17.6 Å². The molecule has 8 nitrogen and oxygen atoms in total. The maximum Gasteiger partial charge on any atom is 0.225 e. The third kappa shape index (κ3) is 3.78. The molecule has 1 aliphatic carbocycles. The quantitative estimate of drug-likeness (QED) is 0.450. The number of halogens is 1. The number of benzene rings is 1. The van der Waals surface area contributed by atoms with Crippen LogP contribution in [0.25, 0.3) is 21.1 Å². The van der Waals surface area contributed by atoms with Gasteiger partial charge < -0.3 is 15.0 Å². The van der Waals surface area contributed by atoms with Crippen molar-refractivity contribution in [1.82, 2.24) is 25.1 Å². The van der Waals surface area contributed by atoms with Crippen LogP contribution in [-0.4, -0.2) is 51.2 Å². The number of hydrogen-bond acceptors (Lipinski definition) is 7. The normalized spacial score (nSPS) is 15.8. The van der Waals surface area contributed by atoms with Gasteiger partial charge in [-0.05, 0) is 38.7 Å². The van der Waals surface area contributed by atoms with Gasteiger partial charge in [0.25, 0.3) is 0 Å². The maximum absolute atomic E-state index is 15.5. The Labute approximate surface area is 194 Å². The standard InChI is InChI=1S/C23H25FN6O2S/c1-11(2)32-16-8-15-14(9-27-29-15)19(24)20(16)28-21-18-13-6-5-12(23(31)30(3)4)7-17(13)33-22(18)26-10-25-21/h8-12H,5-7H2,1-4H3,(H,27,29)(H,25,26,28)/t12-/m0/s1. The number of rotatable bonds is 5. The van der Waals surface area contributed by atoms with Crippen molar-refractivity contribution in [2.75, 3.05) is 19.4 Å². The Bertz CT molecular complexity index is 1360. The number of anilines is 2. The molecule has 0 saturated carbocycles. The van der Waals surface area contributed by atoms with Crippen molar-refractivity contribution in [2.24, 2.45) is 5.92 Å². The van der Waals surface area contributed by atoms with Crippen molar-refractivity contribution in [3.8, 4) is 5.75 Å². The van der Waals surface area contributed by atoms with Gasteiger partial charge in [0.1, 0.15) is 28.4 Å². The van der Waals surface area contributed by atoms with Gasteiger partial charge in [-0.1, -0.05) is 0 Å². The van der Waals surface area contributed by atoms with Gasteiger partial charge >= 0.3 is 0 Å². The number of aromatic amines is 1. The van der Waals surface area contributed by atoms with Crippen LogP contribution in [0.5, 0.6) is 5.75 Å². The number of nitrogens with one attached hydrogen (secondary N) is 2. The minimum atomic E-state index is -0.454. The zero-order chi connectivity index (χ0) is 23.3. The van der Waals surface area contributed by atoms with Gasteiger partial charge in [0.15, 0.2) is 5.82 Å². The summed E-state index contributed by atoms with van der Waals surface area (Å²) in [6.07, 6.45) is 4.99. The van der Waals surface area contributed by atoms with Gasteiger partial charge in [-0.15, -0.1) is 11.3 Å². The topological polar surface area (TPSA) is 96.0 Å². The van der Waals surface area contributed by atoms with E-state index in [1.807, 2.05) is 13.8 Å². The first-order valence-corrected chi connectivity index (χ1v) is 11.7. The lowest BCUT2D eigenvalue weighted by atomic mass is 9.87. The van der Waals surface area contributed by atoms with E-state index < -0.39 is 5.82 Å². The molecule has 1 atom stereocenters. The summed E-state index contributed by atoms with van der Waals surface area (Å²) in [5.41, 5.74) is 1.91. The summed E-state index contributed by atoms with van der Waals surface area (Å²) < 4.78 is 21.4. The smallest absolute Gasteiger partial charge is 0.225 e. The number of hydrogen-bond donors (Lipinski definition) is 2. The number of carbonyl (C=O) groups excluding carboxylic acids is 1. The highest BCUT2D eigenvalue weighted by Gasteiger charge is 2.30. The second kappa shape index (κ2) is 8.26. The summed E-state index contributed by atoms with van der Waals surface area (Å²) in [6, 6.07) is 1.74. The van der Waals surface area contributed by atoms with Crippen molar-refractivity contribution in [1.29, 1.82) is 0 Å². The highest BCUT2D eigenvalue weighted by atomic mass is 32.1. The predicted octanol–water partition coefficient (Wildman–Crippen LogP) is 4.43. The fourth-order valence-electron chi connectivity index (χ4n) is 4.39. The van der Waals surface area contributed by atoms with Crippen LogP contribution in [0.3, 0.4) is 0 Å². The molecule has 0 bridgehead atoms. The molecule has 0 unspecified atom stereocenters. The molecule has 1 amide bonds. The highest BCUT2D eigenvalue weighted by Crippen LogP contribution is 2.42. The number of ether oxygens (including phenoxy) is 1. The SMILES string of the molecule is CC(C)Oc1cc2[nH]ncc2c(F)c1Nc1ncnc2sc3c(c12)CC[C@H](C(=O)N(C)C)C3. The average molecular weight is 469 g/mol. The Morgan fingerprint density at radius 3 is 2.94 bits per heavy atom. The van der Waals surface area contributed by atoms with Crippen molar-refractivity contribution in [2.45, 2.75) is 39.2 Å². The number of carbonyl (C=O) groups is 1. The molecular formula is C23H25FN6O2S. The van der Waals surface area contributed by atoms with Crippen molar-refractivity contribution < 1.29 is 13.9 Å². The van der Waals surface area contributed by atoms with E-state index in [0.29, 0.717) is 28.9 Å². The van der Waals surface area contributed by atoms with E-state index in [4.69, 9.17) is 4.74 Å². The third-order valence-corrected chi connectivity index (χ3v) is 7.05. The lowest BCUT2D eigenvalue weighted by Gasteiger charge is -2.24. The fraction of sp³-hybridized carbons (Fsp3) is 0.391. The van der Waals surface area contributed by atoms with Crippen LogP contribution in [0.2, 0.25) is 0 Å². The summed E-state index contributed by atoms with van der Waals surface area (Å²) in [4.78, 5) is 25.0. The number of nitrogens with zero attached hydrogens (tertiary/aromatic N) is 4. The van der Waals surface area contributed by atoms with E-state index in [1.54, 1.807) is 36.4 Å². The minimum Gasteiger partial charge on any atom is -0.489 e. The molecule has 33 heavy (non-hydrogen) atoms. The lowest BCUT2D eigenvalue weighted by Crippen LogP contribution is -2.32. The van der Waals surface area contributed by atoms with Crippen LogP contribution < -0.4 is 10.1 Å². The van der Waals surface area contributed by atoms with Gasteiger partial charge in [0, 0.05) is 31.0 Å². The highest BCUT2D eigenvalue weighted by molar-refractivity contribution is 7.19. The number of thiophene rings is 1. The van der Waals surface area contributed by atoms with Crippen molar-refractivity contribution in [3.05, 3.63) is 34.8 Å². The molecular weight excluding hydrogens is 443 g/mol. The summed E-state index contributed by atoms with van der Waals surface area (Å²) >= 11 is 1.58. The van der Waals surface area contributed by atoms with Crippen LogP contribution in [0.15, 0.2) is 18.6 Å². The van der Waals surface area contributed by atoms with Gasteiger partial charge in [0.05, 0.1) is 28.6 Å². The molecule has 3 heterocycles. The molecule has 1 aromatic carbocycles. The Kier molecular flexibility index (Phi) is 5.40. The molecule has 1 aliphatic rings. The molecule has 172 valence electrons. The summed E-state index contributed by atoms with van der Waals surface area (Å²) in [6.45, 7) is 3.78. The van der Waals surface area contributed by atoms with E-state index in [-0.39, 0.29) is 23.6 Å². The maximum atomic E-state index is 15.5. The van der Waals surface area contributed by atoms with Crippen LogP contribution in [0.1, 0.15) is 30.7 Å². The number of aryl methyl sites for hydroxylation is 1. The summed E-state index contributed by atoms with van der Waals surface area (Å²) in [7, 11) is 3.58. The molecule has 0 saturated heterocycles. The predicted molar refractivity (Wildman–Crippen MR) is 127 cm³/mol. The Morgan fingerprint density at radius 1 is 1.36 bits per heavy atom. The molecule has 0 radical (unpaired) electrons. The van der Waals surface area contributed by atoms with Gasteiger partial charge in [-0.2, -0.15) is 5.10 Å². The van der Waals surface area contributed by atoms with E-state index in [1.165, 1.54) is 12.5 Å². The van der Waals surface area contributed by atoms with Crippen molar-refractivity contribution in [3.63, 3.8) is 0 Å². The number of fused-ring (bicyclic) bond motifs is 4. The van der Waals surface area contributed by atoms with E-state index in [2.05, 4.69) is 25.5 Å². The molecule has 0 aliphatic heterocycles. The summed E-state index contributed by atoms with van der Waals surface area (Å²) in [5.74, 6) is 0.576.